The molecule has 20 heavy (non-hydrogen) atoms. The Morgan fingerprint density at radius 1 is 1.45 bits per heavy atom. The first kappa shape index (κ1) is 13.4. The van der Waals surface area contributed by atoms with Crippen molar-refractivity contribution in [2.24, 2.45) is 5.73 Å². The Bertz CT molecular complexity index is 714. The molecule has 2 aromatic rings. The van der Waals surface area contributed by atoms with Crippen molar-refractivity contribution in [2.45, 2.75) is 0 Å². The molecule has 0 saturated carbocycles. The SMILES string of the molecule is C=CC(=CC=C[NH2+]c1nc(N)nc2nc[nH]c12)C(N)=O. The van der Waals surface area contributed by atoms with Crippen LogP contribution >= 0.6 is 0 Å². The minimum absolute atomic E-state index is 0.142. The highest BCUT2D eigenvalue weighted by atomic mass is 16.1. The van der Waals surface area contributed by atoms with Crippen LogP contribution in [-0.2, 0) is 4.79 Å². The number of nitrogens with one attached hydrogen (secondary N) is 1. The molecule has 102 valence electrons. The van der Waals surface area contributed by atoms with Gasteiger partial charge in [-0.15, -0.1) is 0 Å². The molecule has 2 aromatic heterocycles. The second-order valence-electron chi connectivity index (χ2n) is 3.81. The third-order valence-corrected chi connectivity index (χ3v) is 2.48. The number of nitrogens with zero attached hydrogens (tertiary/aromatic N) is 3. The van der Waals surface area contributed by atoms with Crippen molar-refractivity contribution >= 4 is 28.8 Å². The zero-order valence-corrected chi connectivity index (χ0v) is 10.6. The number of imidazole rings is 1. The van der Waals surface area contributed by atoms with Crippen LogP contribution in [-0.4, -0.2) is 25.8 Å². The summed E-state index contributed by atoms with van der Waals surface area (Å²) in [5, 5.41) is 1.72. The van der Waals surface area contributed by atoms with Crippen molar-refractivity contribution in [3.63, 3.8) is 0 Å². The van der Waals surface area contributed by atoms with Crippen molar-refractivity contribution < 1.29 is 10.1 Å². The maximum Gasteiger partial charge on any atom is 0.260 e. The Labute approximate surface area is 114 Å². The predicted molar refractivity (Wildman–Crippen MR) is 74.3 cm³/mol. The lowest BCUT2D eigenvalue weighted by Gasteiger charge is -1.96. The van der Waals surface area contributed by atoms with Crippen molar-refractivity contribution in [1.82, 2.24) is 19.9 Å². The maximum atomic E-state index is 11.0. The minimum atomic E-state index is -0.535. The number of aromatic nitrogens is 4. The fourth-order valence-corrected chi connectivity index (χ4v) is 1.55. The van der Waals surface area contributed by atoms with E-state index in [0.29, 0.717) is 22.6 Å². The van der Waals surface area contributed by atoms with Gasteiger partial charge in [0.2, 0.25) is 11.9 Å². The first-order valence-corrected chi connectivity index (χ1v) is 5.72. The normalized spacial score (nSPS) is 12.1. The molecule has 1 amide bonds. The topological polar surface area (TPSA) is 140 Å². The van der Waals surface area contributed by atoms with Crippen LogP contribution < -0.4 is 16.8 Å². The standard InChI is InChI=1S/C12H13N7O/c1-2-7(9(13)20)4-3-5-15-10-8-11(17-6-16-8)19-12(14)18-10/h2-6H,1H2,(H2,13,20)(H4,14,15,16,17,18,19)/p+1. The van der Waals surface area contributed by atoms with Gasteiger partial charge in [-0.05, 0) is 12.2 Å². The Morgan fingerprint density at radius 2 is 2.25 bits per heavy atom. The number of nitrogens with two attached hydrogens (primary N) is 3. The summed E-state index contributed by atoms with van der Waals surface area (Å²) in [6.45, 7) is 3.50. The van der Waals surface area contributed by atoms with E-state index in [2.05, 4.69) is 26.5 Å². The first-order chi connectivity index (χ1) is 9.61. The fraction of sp³-hybridized carbons (Fsp3) is 0. The highest BCUT2D eigenvalue weighted by Gasteiger charge is 2.10. The van der Waals surface area contributed by atoms with Crippen LogP contribution in [0.5, 0.6) is 0 Å². The predicted octanol–water partition coefficient (Wildman–Crippen LogP) is -0.759. The van der Waals surface area contributed by atoms with Crippen molar-refractivity contribution in [3.8, 4) is 0 Å². The van der Waals surface area contributed by atoms with Gasteiger partial charge in [0, 0.05) is 5.57 Å². The third-order valence-electron chi connectivity index (χ3n) is 2.48. The number of hydrogen-bond acceptors (Lipinski definition) is 5. The van der Waals surface area contributed by atoms with E-state index in [4.69, 9.17) is 11.5 Å². The van der Waals surface area contributed by atoms with Gasteiger partial charge in [0.15, 0.2) is 11.2 Å². The molecule has 0 aliphatic heterocycles. The highest BCUT2D eigenvalue weighted by Crippen LogP contribution is 2.12. The van der Waals surface area contributed by atoms with Crippen LogP contribution in [0.2, 0.25) is 0 Å². The van der Waals surface area contributed by atoms with Crippen molar-refractivity contribution in [1.29, 1.82) is 0 Å². The molecule has 0 aliphatic carbocycles. The maximum absolute atomic E-state index is 11.0. The van der Waals surface area contributed by atoms with E-state index in [1.165, 1.54) is 12.4 Å². The van der Waals surface area contributed by atoms with Crippen LogP contribution in [0.4, 0.5) is 11.8 Å². The monoisotopic (exact) mass is 272 g/mol. The zero-order valence-electron chi connectivity index (χ0n) is 10.6. The summed E-state index contributed by atoms with van der Waals surface area (Å²) in [5.74, 6) is 0.212. The molecule has 0 fully saturated rings. The van der Waals surface area contributed by atoms with Gasteiger partial charge < -0.3 is 16.5 Å². The number of anilines is 1. The summed E-state index contributed by atoms with van der Waals surface area (Å²) in [6.07, 6.45) is 7.82. The summed E-state index contributed by atoms with van der Waals surface area (Å²) >= 11 is 0. The molecule has 7 N–H and O–H groups in total. The molecular formula is C12H14N7O+. The number of hydrogen-bond donors (Lipinski definition) is 4. The molecule has 2 rings (SSSR count). The van der Waals surface area contributed by atoms with Crippen molar-refractivity contribution in [2.75, 3.05) is 5.73 Å². The molecule has 0 unspecified atom stereocenters. The third kappa shape index (κ3) is 2.87. The number of carbonyl (C=O) groups excluding carboxylic acids is 1. The van der Waals surface area contributed by atoms with Gasteiger partial charge in [0.05, 0.1) is 12.5 Å². The molecule has 0 radical (unpaired) electrons. The van der Waals surface area contributed by atoms with Crippen LogP contribution in [0.3, 0.4) is 0 Å². The second kappa shape index (κ2) is 5.76. The number of rotatable bonds is 5. The molecule has 0 aromatic carbocycles. The van der Waals surface area contributed by atoms with E-state index in [-0.39, 0.29) is 5.95 Å². The molecular weight excluding hydrogens is 258 g/mol. The number of fused-ring (bicyclic) bond motifs is 1. The van der Waals surface area contributed by atoms with Gasteiger partial charge in [-0.1, -0.05) is 12.7 Å². The van der Waals surface area contributed by atoms with E-state index in [1.807, 2.05) is 0 Å². The van der Waals surface area contributed by atoms with E-state index >= 15 is 0 Å². The van der Waals surface area contributed by atoms with Crippen molar-refractivity contribution in [3.05, 3.63) is 42.9 Å². The molecule has 0 atom stereocenters. The van der Waals surface area contributed by atoms with Gasteiger partial charge >= 0.3 is 0 Å². The summed E-state index contributed by atoms with van der Waals surface area (Å²) in [7, 11) is 0. The van der Waals surface area contributed by atoms with Crippen LogP contribution in [0.15, 0.2) is 42.9 Å². The number of aromatic amines is 1. The lowest BCUT2D eigenvalue weighted by molar-refractivity contribution is -0.498. The number of primary amides is 1. The van der Waals surface area contributed by atoms with E-state index in [9.17, 15) is 4.79 Å². The largest absolute Gasteiger partial charge is 0.368 e. The van der Waals surface area contributed by atoms with E-state index < -0.39 is 5.91 Å². The fourth-order valence-electron chi connectivity index (χ4n) is 1.55. The highest BCUT2D eigenvalue weighted by molar-refractivity contribution is 5.94. The summed E-state index contributed by atoms with van der Waals surface area (Å²) in [6, 6.07) is 0. The quantitative estimate of drug-likeness (QED) is 0.418. The van der Waals surface area contributed by atoms with Crippen LogP contribution in [0.25, 0.3) is 11.2 Å². The molecule has 0 bridgehead atoms. The molecule has 0 spiro atoms. The molecule has 0 aliphatic rings. The summed E-state index contributed by atoms with van der Waals surface area (Å²) in [4.78, 5) is 26.0. The average Bonchev–Trinajstić information content (AvgIpc) is 2.86. The second-order valence-corrected chi connectivity index (χ2v) is 3.81. The number of carbonyl (C=O) groups is 1. The first-order valence-electron chi connectivity index (χ1n) is 5.72. The van der Waals surface area contributed by atoms with E-state index in [0.717, 1.165) is 0 Å². The molecule has 0 saturated heterocycles. The number of quaternary nitrogens is 1. The Kier molecular flexibility index (Phi) is 3.87. The minimum Gasteiger partial charge on any atom is -0.368 e. The Hall–Kier alpha value is -3.00. The lowest BCUT2D eigenvalue weighted by Crippen LogP contribution is -2.71. The molecule has 8 nitrogen and oxygen atoms in total. The molecule has 8 heteroatoms. The smallest absolute Gasteiger partial charge is 0.260 e. The van der Waals surface area contributed by atoms with Gasteiger partial charge in [-0.25, -0.2) is 4.98 Å². The number of H-pyrrole nitrogens is 1. The van der Waals surface area contributed by atoms with Crippen LogP contribution in [0.1, 0.15) is 0 Å². The number of nitrogen functional groups attached to an aromatic ring is 1. The number of allylic oxidation sites excluding steroid dienone is 2. The van der Waals surface area contributed by atoms with Crippen LogP contribution in [0, 0.1) is 0 Å². The number of amides is 1. The summed E-state index contributed by atoms with van der Waals surface area (Å²) in [5.41, 5.74) is 12.2. The average molecular weight is 272 g/mol. The van der Waals surface area contributed by atoms with Gasteiger partial charge in [-0.3, -0.25) is 10.1 Å². The lowest BCUT2D eigenvalue weighted by atomic mass is 10.2. The van der Waals surface area contributed by atoms with Gasteiger partial charge in [-0.2, -0.15) is 9.97 Å². The van der Waals surface area contributed by atoms with Gasteiger partial charge in [0.25, 0.3) is 5.82 Å². The molecule has 2 heterocycles. The zero-order chi connectivity index (χ0) is 14.5. The van der Waals surface area contributed by atoms with E-state index in [1.54, 1.807) is 23.7 Å². The van der Waals surface area contributed by atoms with Gasteiger partial charge in [0.1, 0.15) is 0 Å². The Morgan fingerprint density at radius 3 is 2.95 bits per heavy atom. The summed E-state index contributed by atoms with van der Waals surface area (Å²) < 4.78 is 0. The Balaban J connectivity index is 2.19.